The predicted octanol–water partition coefficient (Wildman–Crippen LogP) is 6.64. The molecule has 0 N–H and O–H groups in total. The molecule has 2 aliphatic heterocycles. The van der Waals surface area contributed by atoms with Crippen molar-refractivity contribution < 1.29 is 38.1 Å². The summed E-state index contributed by atoms with van der Waals surface area (Å²) in [4.78, 5) is 46.5. The van der Waals surface area contributed by atoms with Gasteiger partial charge in [-0.1, -0.05) is 68.8 Å². The van der Waals surface area contributed by atoms with E-state index in [4.69, 9.17) is 23.7 Å². The SMILES string of the molecule is C=CCOC(=O)[C@@H]1CCN2C(=O)[C@](Sc3ccccc3)(C(=O)[C@@H]3[C@H]4CCCC[C@@H]4C=C[C@@H]3C)C[C@]12OCCOCc1ccc(OC)c(OC)c1. The summed E-state index contributed by atoms with van der Waals surface area (Å²) in [5, 5.41) is 0. The lowest BCUT2D eigenvalue weighted by atomic mass is 9.62. The molecule has 1 saturated carbocycles. The van der Waals surface area contributed by atoms with Gasteiger partial charge in [-0.2, -0.15) is 0 Å². The maximum absolute atomic E-state index is 15.3. The Morgan fingerprint density at radius 1 is 1.00 bits per heavy atom. The van der Waals surface area contributed by atoms with Gasteiger partial charge in [-0.25, -0.2) is 0 Å². The van der Waals surface area contributed by atoms with Gasteiger partial charge in [-0.15, -0.1) is 11.8 Å². The molecular formula is C40H49NO8S. The van der Waals surface area contributed by atoms with Gasteiger partial charge >= 0.3 is 5.97 Å². The number of hydrogen-bond acceptors (Lipinski definition) is 9. The molecule has 0 radical (unpaired) electrons. The molecule has 2 aliphatic carbocycles. The van der Waals surface area contributed by atoms with Gasteiger partial charge in [-0.3, -0.25) is 14.4 Å². The van der Waals surface area contributed by atoms with E-state index in [2.05, 4.69) is 25.7 Å². The standard InChI is InChI=1S/C40H49NO8S/c1-5-21-48-37(43)32-19-20-41-38(44)39(50-30-12-7-6-8-13-30,36(42)35-27(2)15-17-29-11-9-10-14-31(29)35)26-40(32,41)49-23-22-47-25-28-16-18-33(45-3)34(24-28)46-4/h5-8,12-13,15-18,24,27,29,31-32,35H,1,9-11,14,19-23,25-26H2,2-4H3/t27-,29+,31-,32-,35-,39+,40-/m0/s1. The Morgan fingerprint density at radius 3 is 2.54 bits per heavy atom. The summed E-state index contributed by atoms with van der Waals surface area (Å²) >= 11 is 1.32. The molecule has 0 aromatic heterocycles. The second kappa shape index (κ2) is 15.7. The molecule has 1 amide bonds. The quantitative estimate of drug-likeness (QED) is 0.0875. The van der Waals surface area contributed by atoms with E-state index in [1.165, 1.54) is 17.8 Å². The number of amides is 1. The minimum absolute atomic E-state index is 0.00598. The van der Waals surface area contributed by atoms with E-state index in [9.17, 15) is 4.79 Å². The molecule has 50 heavy (non-hydrogen) atoms. The summed E-state index contributed by atoms with van der Waals surface area (Å²) in [5.74, 6) is -0.121. The Balaban J connectivity index is 1.30. The third-order valence-corrected chi connectivity index (χ3v) is 12.3. The highest BCUT2D eigenvalue weighted by atomic mass is 32.2. The van der Waals surface area contributed by atoms with E-state index in [0.717, 1.165) is 36.1 Å². The summed E-state index contributed by atoms with van der Waals surface area (Å²) in [6, 6.07) is 15.2. The van der Waals surface area contributed by atoms with Crippen LogP contribution in [-0.4, -0.2) is 73.6 Å². The van der Waals surface area contributed by atoms with Crippen LogP contribution in [0.3, 0.4) is 0 Å². The molecule has 2 heterocycles. The first kappa shape index (κ1) is 36.2. The predicted molar refractivity (Wildman–Crippen MR) is 191 cm³/mol. The first-order valence-corrected chi connectivity index (χ1v) is 18.6. The number of benzene rings is 2. The average molecular weight is 704 g/mol. The van der Waals surface area contributed by atoms with Gasteiger partial charge in [0.2, 0.25) is 5.91 Å². The number of carbonyl (C=O) groups excluding carboxylic acids is 3. The number of hydrogen-bond donors (Lipinski definition) is 0. The first-order chi connectivity index (χ1) is 24.3. The molecule has 2 aromatic rings. The topological polar surface area (TPSA) is 101 Å². The molecule has 0 bridgehead atoms. The van der Waals surface area contributed by atoms with Gasteiger partial charge in [-0.05, 0) is 66.8 Å². The number of nitrogens with zero attached hydrogens (tertiary/aromatic N) is 1. The number of ketones is 1. The van der Waals surface area contributed by atoms with E-state index >= 15 is 9.59 Å². The van der Waals surface area contributed by atoms with Gasteiger partial charge in [0, 0.05) is 23.8 Å². The highest BCUT2D eigenvalue weighted by Crippen LogP contribution is 2.58. The van der Waals surface area contributed by atoms with Crippen molar-refractivity contribution in [2.24, 2.45) is 29.6 Å². The molecule has 0 spiro atoms. The smallest absolute Gasteiger partial charge is 0.314 e. The summed E-state index contributed by atoms with van der Waals surface area (Å²) in [6.07, 6.45) is 10.7. The summed E-state index contributed by atoms with van der Waals surface area (Å²) in [7, 11) is 3.17. The fraction of sp³-hybridized carbons (Fsp3) is 0.525. The molecule has 3 fully saturated rings. The summed E-state index contributed by atoms with van der Waals surface area (Å²) in [6.45, 7) is 6.74. The van der Waals surface area contributed by atoms with Crippen molar-refractivity contribution in [2.75, 3.05) is 40.6 Å². The van der Waals surface area contributed by atoms with Crippen LogP contribution in [0.25, 0.3) is 0 Å². The van der Waals surface area contributed by atoms with Crippen molar-refractivity contribution >= 4 is 29.4 Å². The van der Waals surface area contributed by atoms with E-state index in [1.807, 2.05) is 48.5 Å². The third kappa shape index (κ3) is 6.86. The first-order valence-electron chi connectivity index (χ1n) is 17.8. The van der Waals surface area contributed by atoms with Crippen LogP contribution in [0.15, 0.2) is 78.2 Å². The number of esters is 1. The molecule has 7 atom stereocenters. The van der Waals surface area contributed by atoms with Crippen molar-refractivity contribution in [2.45, 2.75) is 67.4 Å². The van der Waals surface area contributed by atoms with Crippen LogP contribution in [-0.2, 0) is 35.2 Å². The van der Waals surface area contributed by atoms with Crippen molar-refractivity contribution in [3.05, 3.63) is 78.9 Å². The number of Topliss-reactive ketones (excluding diaryl/α,β-unsaturated/α-hetero) is 1. The van der Waals surface area contributed by atoms with Crippen LogP contribution in [0.2, 0.25) is 0 Å². The fourth-order valence-corrected chi connectivity index (χ4v) is 10.0. The number of fused-ring (bicyclic) bond motifs is 2. The lowest BCUT2D eigenvalue weighted by Gasteiger charge is -2.43. The third-order valence-electron chi connectivity index (χ3n) is 11.0. The Morgan fingerprint density at radius 2 is 1.78 bits per heavy atom. The van der Waals surface area contributed by atoms with Gasteiger partial charge in [0.25, 0.3) is 0 Å². The van der Waals surface area contributed by atoms with Crippen molar-refractivity contribution in [1.29, 1.82) is 0 Å². The molecule has 4 aliphatic rings. The minimum Gasteiger partial charge on any atom is -0.493 e. The number of methoxy groups -OCH3 is 2. The molecule has 2 aromatic carbocycles. The molecule has 10 heteroatoms. The van der Waals surface area contributed by atoms with Crippen molar-refractivity contribution in [3.8, 4) is 11.5 Å². The van der Waals surface area contributed by atoms with Crippen LogP contribution in [0.1, 0.15) is 51.0 Å². The van der Waals surface area contributed by atoms with Gasteiger partial charge in [0.05, 0.1) is 34.0 Å². The zero-order chi connectivity index (χ0) is 35.3. The van der Waals surface area contributed by atoms with Crippen LogP contribution >= 0.6 is 11.8 Å². The highest BCUT2D eigenvalue weighted by Gasteiger charge is 2.71. The number of thioether (sulfide) groups is 1. The van der Waals surface area contributed by atoms with E-state index < -0.39 is 22.4 Å². The molecule has 2 saturated heterocycles. The lowest BCUT2D eigenvalue weighted by molar-refractivity contribution is -0.182. The summed E-state index contributed by atoms with van der Waals surface area (Å²) < 4.78 is 27.6. The van der Waals surface area contributed by atoms with E-state index in [-0.39, 0.29) is 62.2 Å². The van der Waals surface area contributed by atoms with Crippen molar-refractivity contribution in [3.63, 3.8) is 0 Å². The number of rotatable bonds is 15. The second-order valence-electron chi connectivity index (χ2n) is 13.8. The lowest BCUT2D eigenvalue weighted by Crippen LogP contribution is -2.51. The largest absolute Gasteiger partial charge is 0.493 e. The number of carbonyl (C=O) groups is 3. The van der Waals surface area contributed by atoms with Gasteiger partial charge in [0.15, 0.2) is 27.8 Å². The Kier molecular flexibility index (Phi) is 11.4. The maximum atomic E-state index is 15.3. The fourth-order valence-electron chi connectivity index (χ4n) is 8.63. The van der Waals surface area contributed by atoms with E-state index in [0.29, 0.717) is 30.4 Å². The van der Waals surface area contributed by atoms with Crippen LogP contribution in [0.5, 0.6) is 11.5 Å². The molecule has 268 valence electrons. The van der Waals surface area contributed by atoms with Crippen molar-refractivity contribution in [1.82, 2.24) is 4.90 Å². The molecule has 0 unspecified atom stereocenters. The highest BCUT2D eigenvalue weighted by molar-refractivity contribution is 8.02. The molecule has 9 nitrogen and oxygen atoms in total. The zero-order valence-corrected chi connectivity index (χ0v) is 30.2. The molecule has 6 rings (SSSR count). The Bertz CT molecular complexity index is 1580. The Hall–Kier alpha value is -3.60. The normalized spacial score (nSPS) is 30.0. The number of ether oxygens (including phenoxy) is 5. The second-order valence-corrected chi connectivity index (χ2v) is 15.2. The van der Waals surface area contributed by atoms with Crippen LogP contribution in [0.4, 0.5) is 0 Å². The number of allylic oxidation sites excluding steroid dienone is 2. The van der Waals surface area contributed by atoms with Crippen LogP contribution < -0.4 is 9.47 Å². The van der Waals surface area contributed by atoms with Gasteiger partial charge < -0.3 is 28.6 Å². The maximum Gasteiger partial charge on any atom is 0.314 e. The van der Waals surface area contributed by atoms with E-state index in [1.54, 1.807) is 19.1 Å². The van der Waals surface area contributed by atoms with Crippen LogP contribution in [0, 0.1) is 29.6 Å². The molecular weight excluding hydrogens is 655 g/mol. The Labute approximate surface area is 299 Å². The zero-order valence-electron chi connectivity index (χ0n) is 29.3. The monoisotopic (exact) mass is 703 g/mol. The average Bonchev–Trinajstić information content (AvgIpc) is 3.62. The minimum atomic E-state index is -1.47. The van der Waals surface area contributed by atoms with Gasteiger partial charge in [0.1, 0.15) is 12.5 Å². The summed E-state index contributed by atoms with van der Waals surface area (Å²) in [5.41, 5.74) is -0.468.